The molecular formula is C15H22N2O2. The maximum absolute atomic E-state index is 12.1. The van der Waals surface area contributed by atoms with Crippen LogP contribution in [0.3, 0.4) is 0 Å². The number of aromatic hydroxyl groups is 1. The molecule has 1 aromatic carbocycles. The van der Waals surface area contributed by atoms with E-state index in [0.29, 0.717) is 11.6 Å². The number of hydrogen-bond acceptors (Lipinski definition) is 3. The smallest absolute Gasteiger partial charge is 0.255 e. The summed E-state index contributed by atoms with van der Waals surface area (Å²) in [4.78, 5) is 14.5. The van der Waals surface area contributed by atoms with Gasteiger partial charge in [-0.3, -0.25) is 9.69 Å². The summed E-state index contributed by atoms with van der Waals surface area (Å²) in [7, 11) is 0. The molecule has 1 saturated heterocycles. The number of likely N-dealkylation sites (tertiary alicyclic amines) is 1. The van der Waals surface area contributed by atoms with Gasteiger partial charge in [-0.1, -0.05) is 6.07 Å². The molecule has 0 spiro atoms. The Bertz CT molecular complexity index is 471. The first-order valence-electron chi connectivity index (χ1n) is 6.82. The molecule has 1 amide bonds. The fourth-order valence-corrected chi connectivity index (χ4v) is 2.47. The highest BCUT2D eigenvalue weighted by Crippen LogP contribution is 2.19. The van der Waals surface area contributed by atoms with Crippen LogP contribution in [0.1, 0.15) is 36.2 Å². The Morgan fingerprint density at radius 1 is 1.47 bits per heavy atom. The Labute approximate surface area is 114 Å². The van der Waals surface area contributed by atoms with E-state index in [1.807, 2.05) is 13.0 Å². The molecule has 0 radical (unpaired) electrons. The number of nitrogens with one attached hydrogen (secondary N) is 1. The van der Waals surface area contributed by atoms with Crippen LogP contribution in [-0.4, -0.2) is 41.1 Å². The molecule has 1 atom stereocenters. The first-order chi connectivity index (χ1) is 8.97. The van der Waals surface area contributed by atoms with Crippen molar-refractivity contribution in [3.05, 3.63) is 29.3 Å². The summed E-state index contributed by atoms with van der Waals surface area (Å²) < 4.78 is 0. The van der Waals surface area contributed by atoms with Crippen molar-refractivity contribution in [3.63, 3.8) is 0 Å². The number of nitrogens with zero attached hydrogens (tertiary/aromatic N) is 1. The van der Waals surface area contributed by atoms with Gasteiger partial charge in [0.05, 0.1) is 5.56 Å². The van der Waals surface area contributed by atoms with E-state index in [0.717, 1.165) is 25.1 Å². The predicted octanol–water partition coefficient (Wildman–Crippen LogP) is 1.91. The van der Waals surface area contributed by atoms with Crippen LogP contribution in [0.2, 0.25) is 0 Å². The molecule has 0 saturated carbocycles. The van der Waals surface area contributed by atoms with Gasteiger partial charge in [-0.25, -0.2) is 0 Å². The van der Waals surface area contributed by atoms with E-state index >= 15 is 0 Å². The van der Waals surface area contributed by atoms with Crippen molar-refractivity contribution in [1.82, 2.24) is 10.2 Å². The minimum atomic E-state index is -0.187. The van der Waals surface area contributed by atoms with Crippen molar-refractivity contribution >= 4 is 5.91 Å². The van der Waals surface area contributed by atoms with E-state index in [9.17, 15) is 9.90 Å². The number of hydrogen-bond donors (Lipinski definition) is 2. The molecule has 0 aliphatic carbocycles. The van der Waals surface area contributed by atoms with Crippen LogP contribution in [0.4, 0.5) is 0 Å². The van der Waals surface area contributed by atoms with Crippen molar-refractivity contribution in [3.8, 4) is 5.75 Å². The summed E-state index contributed by atoms with van der Waals surface area (Å²) in [5.41, 5.74) is 1.30. The maximum Gasteiger partial charge on any atom is 0.255 e. The molecule has 2 rings (SSSR count). The van der Waals surface area contributed by atoms with Gasteiger partial charge < -0.3 is 10.4 Å². The average Bonchev–Trinajstić information content (AvgIpc) is 2.77. The first kappa shape index (κ1) is 13.9. The number of aryl methyl sites for hydroxylation is 1. The summed E-state index contributed by atoms with van der Waals surface area (Å²) in [5, 5.41) is 12.8. The van der Waals surface area contributed by atoms with Crippen LogP contribution in [0, 0.1) is 6.92 Å². The quantitative estimate of drug-likeness (QED) is 0.875. The maximum atomic E-state index is 12.1. The largest absolute Gasteiger partial charge is 0.507 e. The number of phenolic OH excluding ortho intramolecular Hbond substituents is 1. The van der Waals surface area contributed by atoms with E-state index in [1.165, 1.54) is 0 Å². The molecule has 0 aromatic heterocycles. The third-order valence-corrected chi connectivity index (χ3v) is 3.68. The van der Waals surface area contributed by atoms with Gasteiger partial charge in [-0.2, -0.15) is 0 Å². The fourth-order valence-electron chi connectivity index (χ4n) is 2.47. The second-order valence-corrected chi connectivity index (χ2v) is 5.57. The van der Waals surface area contributed by atoms with Gasteiger partial charge in [0, 0.05) is 25.2 Å². The van der Waals surface area contributed by atoms with Crippen molar-refractivity contribution < 1.29 is 9.90 Å². The highest BCUT2D eigenvalue weighted by Gasteiger charge is 2.26. The molecule has 0 bridgehead atoms. The van der Waals surface area contributed by atoms with Crippen LogP contribution < -0.4 is 5.32 Å². The van der Waals surface area contributed by atoms with Gasteiger partial charge >= 0.3 is 0 Å². The summed E-state index contributed by atoms with van der Waals surface area (Å²) in [6.45, 7) is 8.11. The summed E-state index contributed by atoms with van der Waals surface area (Å²) in [5.74, 6) is -0.135. The number of benzene rings is 1. The fraction of sp³-hybridized carbons (Fsp3) is 0.533. The SMILES string of the molecule is Cc1ccc(C(=O)NC2CCN(C(C)C)C2)c(O)c1. The standard InChI is InChI=1S/C15H22N2O2/c1-10(2)17-7-6-12(9-17)16-15(19)13-5-4-11(3)8-14(13)18/h4-5,8,10,12,18H,6-7,9H2,1-3H3,(H,16,19). The summed E-state index contributed by atoms with van der Waals surface area (Å²) >= 11 is 0. The number of carbonyl (C=O) groups excluding carboxylic acids is 1. The van der Waals surface area contributed by atoms with Gasteiger partial charge in [0.1, 0.15) is 5.75 Å². The summed E-state index contributed by atoms with van der Waals surface area (Å²) in [6.07, 6.45) is 0.969. The zero-order valence-electron chi connectivity index (χ0n) is 11.8. The number of phenols is 1. The lowest BCUT2D eigenvalue weighted by Gasteiger charge is -2.20. The topological polar surface area (TPSA) is 52.6 Å². The molecule has 1 unspecified atom stereocenters. The lowest BCUT2D eigenvalue weighted by molar-refractivity contribution is 0.0934. The highest BCUT2D eigenvalue weighted by atomic mass is 16.3. The molecule has 1 aromatic rings. The van der Waals surface area contributed by atoms with Crippen molar-refractivity contribution in [2.45, 2.75) is 39.3 Å². The van der Waals surface area contributed by atoms with Crippen LogP contribution in [0.15, 0.2) is 18.2 Å². The van der Waals surface area contributed by atoms with Gasteiger partial charge in [-0.15, -0.1) is 0 Å². The number of rotatable bonds is 3. The van der Waals surface area contributed by atoms with Gasteiger partial charge in [0.2, 0.25) is 0 Å². The molecule has 19 heavy (non-hydrogen) atoms. The van der Waals surface area contributed by atoms with E-state index in [2.05, 4.69) is 24.1 Å². The molecule has 1 aliphatic rings. The average molecular weight is 262 g/mol. The number of amides is 1. The Kier molecular flexibility index (Phi) is 4.10. The zero-order chi connectivity index (χ0) is 14.0. The molecule has 4 heteroatoms. The summed E-state index contributed by atoms with van der Waals surface area (Å²) in [6, 6.07) is 5.81. The second-order valence-electron chi connectivity index (χ2n) is 5.57. The third-order valence-electron chi connectivity index (χ3n) is 3.68. The minimum absolute atomic E-state index is 0.0520. The van der Waals surface area contributed by atoms with E-state index in [1.54, 1.807) is 12.1 Å². The lowest BCUT2D eigenvalue weighted by Crippen LogP contribution is -2.38. The first-order valence-corrected chi connectivity index (χ1v) is 6.82. The third kappa shape index (κ3) is 3.26. The van der Waals surface area contributed by atoms with Crippen molar-refractivity contribution in [2.24, 2.45) is 0 Å². The van der Waals surface area contributed by atoms with E-state index in [4.69, 9.17) is 0 Å². The van der Waals surface area contributed by atoms with E-state index in [-0.39, 0.29) is 17.7 Å². The zero-order valence-corrected chi connectivity index (χ0v) is 11.8. The highest BCUT2D eigenvalue weighted by molar-refractivity contribution is 5.97. The Hall–Kier alpha value is -1.55. The molecule has 1 aliphatic heterocycles. The molecule has 1 heterocycles. The molecular weight excluding hydrogens is 240 g/mol. The van der Waals surface area contributed by atoms with Crippen LogP contribution in [0.25, 0.3) is 0 Å². The molecule has 1 fully saturated rings. The van der Waals surface area contributed by atoms with Crippen LogP contribution in [-0.2, 0) is 0 Å². The monoisotopic (exact) mass is 262 g/mol. The Balaban J connectivity index is 1.98. The predicted molar refractivity (Wildman–Crippen MR) is 75.4 cm³/mol. The Morgan fingerprint density at radius 2 is 2.21 bits per heavy atom. The minimum Gasteiger partial charge on any atom is -0.507 e. The number of carbonyl (C=O) groups is 1. The van der Waals surface area contributed by atoms with Gasteiger partial charge in [0.25, 0.3) is 5.91 Å². The Morgan fingerprint density at radius 3 is 2.79 bits per heavy atom. The van der Waals surface area contributed by atoms with Gasteiger partial charge in [-0.05, 0) is 44.9 Å². The molecule has 2 N–H and O–H groups in total. The van der Waals surface area contributed by atoms with Crippen molar-refractivity contribution in [2.75, 3.05) is 13.1 Å². The van der Waals surface area contributed by atoms with Crippen molar-refractivity contribution in [1.29, 1.82) is 0 Å². The normalized spacial score (nSPS) is 19.9. The molecule has 104 valence electrons. The lowest BCUT2D eigenvalue weighted by atomic mass is 10.1. The second kappa shape index (κ2) is 5.61. The van der Waals surface area contributed by atoms with Crippen LogP contribution in [0.5, 0.6) is 5.75 Å². The van der Waals surface area contributed by atoms with E-state index < -0.39 is 0 Å². The van der Waals surface area contributed by atoms with Crippen LogP contribution >= 0.6 is 0 Å². The molecule has 4 nitrogen and oxygen atoms in total. The van der Waals surface area contributed by atoms with Gasteiger partial charge in [0.15, 0.2) is 0 Å².